The van der Waals surface area contributed by atoms with Crippen LogP contribution < -0.4 is 15.4 Å². The zero-order valence-corrected chi connectivity index (χ0v) is 12.2. The second-order valence-corrected chi connectivity index (χ2v) is 5.27. The molecular weight excluding hydrogens is 280 g/mol. The average molecular weight is 298 g/mol. The molecule has 114 valence electrons. The van der Waals surface area contributed by atoms with E-state index in [-0.39, 0.29) is 12.1 Å². The molecule has 0 saturated carbocycles. The van der Waals surface area contributed by atoms with Crippen molar-refractivity contribution in [1.29, 1.82) is 0 Å². The summed E-state index contributed by atoms with van der Waals surface area (Å²) in [5, 5.41) is 15.7. The van der Waals surface area contributed by atoms with E-state index in [0.29, 0.717) is 12.1 Å². The number of amides is 2. The summed E-state index contributed by atoms with van der Waals surface area (Å²) in [6, 6.07) is 14.1. The van der Waals surface area contributed by atoms with E-state index in [1.54, 1.807) is 31.4 Å². The molecular formula is C17H18N2O3. The Balaban J connectivity index is 1.66. The zero-order valence-electron chi connectivity index (χ0n) is 12.2. The van der Waals surface area contributed by atoms with Gasteiger partial charge < -0.3 is 20.5 Å². The summed E-state index contributed by atoms with van der Waals surface area (Å²) < 4.78 is 5.07. The topological polar surface area (TPSA) is 70.6 Å². The molecule has 3 rings (SSSR count). The summed E-state index contributed by atoms with van der Waals surface area (Å²) in [6.07, 6.45) is -0.0389. The molecule has 2 amide bonds. The Morgan fingerprint density at radius 1 is 1.18 bits per heavy atom. The van der Waals surface area contributed by atoms with Gasteiger partial charge in [0.1, 0.15) is 5.75 Å². The highest BCUT2D eigenvalue weighted by Gasteiger charge is 2.31. The fourth-order valence-electron chi connectivity index (χ4n) is 2.73. The van der Waals surface area contributed by atoms with E-state index in [4.69, 9.17) is 4.74 Å². The van der Waals surface area contributed by atoms with Gasteiger partial charge in [-0.05, 0) is 35.4 Å². The van der Waals surface area contributed by atoms with Gasteiger partial charge in [-0.2, -0.15) is 0 Å². The molecule has 0 spiro atoms. The molecule has 2 aromatic carbocycles. The number of anilines is 1. The van der Waals surface area contributed by atoms with Gasteiger partial charge in [0.2, 0.25) is 0 Å². The van der Waals surface area contributed by atoms with Crippen molar-refractivity contribution in [3.05, 3.63) is 59.7 Å². The SMILES string of the molecule is COc1ccc(NC(=O)N[C@@H]2c3ccccc3C[C@@H]2O)cc1. The van der Waals surface area contributed by atoms with Crippen molar-refractivity contribution in [2.24, 2.45) is 0 Å². The van der Waals surface area contributed by atoms with E-state index in [2.05, 4.69) is 10.6 Å². The lowest BCUT2D eigenvalue weighted by atomic mass is 10.1. The minimum atomic E-state index is -0.598. The number of carbonyl (C=O) groups excluding carboxylic acids is 1. The normalized spacial score (nSPS) is 19.4. The smallest absolute Gasteiger partial charge is 0.319 e. The van der Waals surface area contributed by atoms with Crippen LogP contribution in [0.2, 0.25) is 0 Å². The number of methoxy groups -OCH3 is 1. The molecule has 0 fully saturated rings. The van der Waals surface area contributed by atoms with Crippen molar-refractivity contribution in [2.75, 3.05) is 12.4 Å². The van der Waals surface area contributed by atoms with Crippen molar-refractivity contribution >= 4 is 11.7 Å². The molecule has 22 heavy (non-hydrogen) atoms. The van der Waals surface area contributed by atoms with E-state index in [9.17, 15) is 9.90 Å². The molecule has 0 aromatic heterocycles. The van der Waals surface area contributed by atoms with Crippen LogP contribution in [0.5, 0.6) is 5.75 Å². The van der Waals surface area contributed by atoms with Crippen LogP contribution in [0.1, 0.15) is 17.2 Å². The molecule has 5 heteroatoms. The Hall–Kier alpha value is -2.53. The first kappa shape index (κ1) is 14.4. The lowest BCUT2D eigenvalue weighted by Gasteiger charge is -2.18. The number of fused-ring (bicyclic) bond motifs is 1. The molecule has 1 aliphatic carbocycles. The molecule has 2 atom stereocenters. The first-order valence-electron chi connectivity index (χ1n) is 7.15. The molecule has 0 aliphatic heterocycles. The molecule has 0 saturated heterocycles. The van der Waals surface area contributed by atoms with Crippen LogP contribution in [0.15, 0.2) is 48.5 Å². The minimum absolute atomic E-state index is 0.342. The summed E-state index contributed by atoms with van der Waals surface area (Å²) in [5.74, 6) is 0.728. The van der Waals surface area contributed by atoms with Gasteiger partial charge in [0.05, 0.1) is 19.3 Å². The fourth-order valence-corrected chi connectivity index (χ4v) is 2.73. The van der Waals surface area contributed by atoms with Crippen LogP contribution in [-0.2, 0) is 6.42 Å². The van der Waals surface area contributed by atoms with E-state index in [0.717, 1.165) is 16.9 Å². The Labute approximate surface area is 128 Å². The zero-order chi connectivity index (χ0) is 15.5. The number of hydrogen-bond acceptors (Lipinski definition) is 3. The number of benzene rings is 2. The van der Waals surface area contributed by atoms with Crippen molar-refractivity contribution in [3.63, 3.8) is 0 Å². The highest BCUT2D eigenvalue weighted by molar-refractivity contribution is 5.89. The van der Waals surface area contributed by atoms with Crippen molar-refractivity contribution < 1.29 is 14.6 Å². The van der Waals surface area contributed by atoms with Crippen LogP contribution >= 0.6 is 0 Å². The molecule has 0 heterocycles. The number of hydrogen-bond donors (Lipinski definition) is 3. The maximum absolute atomic E-state index is 12.1. The summed E-state index contributed by atoms with van der Waals surface area (Å²) in [5.41, 5.74) is 2.71. The second-order valence-electron chi connectivity index (χ2n) is 5.27. The first-order chi connectivity index (χ1) is 10.7. The van der Waals surface area contributed by atoms with E-state index in [1.807, 2.05) is 24.3 Å². The van der Waals surface area contributed by atoms with E-state index < -0.39 is 6.10 Å². The maximum Gasteiger partial charge on any atom is 0.319 e. The summed E-state index contributed by atoms with van der Waals surface area (Å²) in [6.45, 7) is 0. The van der Waals surface area contributed by atoms with E-state index >= 15 is 0 Å². The molecule has 0 unspecified atom stereocenters. The van der Waals surface area contributed by atoms with Gasteiger partial charge in [-0.1, -0.05) is 24.3 Å². The van der Waals surface area contributed by atoms with Gasteiger partial charge in [0.25, 0.3) is 0 Å². The number of nitrogens with one attached hydrogen (secondary N) is 2. The molecule has 1 aliphatic rings. The number of aliphatic hydroxyl groups excluding tert-OH is 1. The van der Waals surface area contributed by atoms with Crippen LogP contribution in [0.3, 0.4) is 0 Å². The lowest BCUT2D eigenvalue weighted by Crippen LogP contribution is -2.36. The van der Waals surface area contributed by atoms with Gasteiger partial charge >= 0.3 is 6.03 Å². The van der Waals surface area contributed by atoms with Gasteiger partial charge in [-0.25, -0.2) is 4.79 Å². The maximum atomic E-state index is 12.1. The number of aliphatic hydroxyl groups is 1. The Kier molecular flexibility index (Phi) is 3.98. The second kappa shape index (κ2) is 6.07. The summed E-state index contributed by atoms with van der Waals surface area (Å²) in [4.78, 5) is 12.1. The minimum Gasteiger partial charge on any atom is -0.497 e. The van der Waals surface area contributed by atoms with Crippen molar-refractivity contribution in [1.82, 2.24) is 5.32 Å². The Morgan fingerprint density at radius 2 is 1.91 bits per heavy atom. The number of urea groups is 1. The highest BCUT2D eigenvalue weighted by Crippen LogP contribution is 2.31. The first-order valence-corrected chi connectivity index (χ1v) is 7.15. The molecule has 0 bridgehead atoms. The van der Waals surface area contributed by atoms with Crippen LogP contribution in [0.4, 0.5) is 10.5 Å². The third-order valence-corrected chi connectivity index (χ3v) is 3.84. The number of rotatable bonds is 3. The van der Waals surface area contributed by atoms with Crippen LogP contribution in [-0.4, -0.2) is 24.4 Å². The standard InChI is InChI=1S/C17H18N2O3/c1-22-13-8-6-12(7-9-13)18-17(21)19-16-14-5-3-2-4-11(14)10-15(16)20/h2-9,15-16,20H,10H2,1H3,(H2,18,19,21)/t15-,16+/m0/s1. The Morgan fingerprint density at radius 3 is 2.64 bits per heavy atom. The van der Waals surface area contributed by atoms with Crippen molar-refractivity contribution in [2.45, 2.75) is 18.6 Å². The number of ether oxygens (including phenoxy) is 1. The molecule has 2 aromatic rings. The van der Waals surface area contributed by atoms with Gasteiger partial charge in [-0.15, -0.1) is 0 Å². The third kappa shape index (κ3) is 2.89. The van der Waals surface area contributed by atoms with Crippen LogP contribution in [0.25, 0.3) is 0 Å². The summed E-state index contributed by atoms with van der Waals surface area (Å²) in [7, 11) is 1.59. The average Bonchev–Trinajstić information content (AvgIpc) is 2.84. The van der Waals surface area contributed by atoms with Crippen LogP contribution in [0, 0.1) is 0 Å². The largest absolute Gasteiger partial charge is 0.497 e. The quantitative estimate of drug-likeness (QED) is 0.815. The predicted octanol–water partition coefficient (Wildman–Crippen LogP) is 2.48. The fraction of sp³-hybridized carbons (Fsp3) is 0.235. The third-order valence-electron chi connectivity index (χ3n) is 3.84. The van der Waals surface area contributed by atoms with Crippen molar-refractivity contribution in [3.8, 4) is 5.75 Å². The van der Waals surface area contributed by atoms with Gasteiger partial charge in [0.15, 0.2) is 0 Å². The Bertz CT molecular complexity index is 670. The summed E-state index contributed by atoms with van der Waals surface area (Å²) >= 11 is 0. The van der Waals surface area contributed by atoms with Gasteiger partial charge in [-0.3, -0.25) is 0 Å². The molecule has 5 nitrogen and oxygen atoms in total. The monoisotopic (exact) mass is 298 g/mol. The highest BCUT2D eigenvalue weighted by atomic mass is 16.5. The van der Waals surface area contributed by atoms with E-state index in [1.165, 1.54) is 0 Å². The van der Waals surface area contributed by atoms with Gasteiger partial charge in [0, 0.05) is 12.1 Å². The number of carbonyl (C=O) groups is 1. The molecule has 3 N–H and O–H groups in total. The lowest BCUT2D eigenvalue weighted by molar-refractivity contribution is 0.144. The molecule has 0 radical (unpaired) electrons. The predicted molar refractivity (Wildman–Crippen MR) is 84.0 cm³/mol.